The lowest BCUT2D eigenvalue weighted by Gasteiger charge is -2.33. The highest BCUT2D eigenvalue weighted by atomic mass is 32.2. The summed E-state index contributed by atoms with van der Waals surface area (Å²) in [5.74, 6) is -0.0655. The molecule has 0 spiro atoms. The normalized spacial score (nSPS) is 30.8. The first kappa shape index (κ1) is 13.9. The highest BCUT2D eigenvalue weighted by Crippen LogP contribution is 2.20. The number of hydrogen-bond acceptors (Lipinski definition) is 5. The highest BCUT2D eigenvalue weighted by Gasteiger charge is 2.40. The van der Waals surface area contributed by atoms with Crippen molar-refractivity contribution in [3.05, 3.63) is 0 Å². The minimum absolute atomic E-state index is 0.0516. The van der Waals surface area contributed by atoms with Crippen LogP contribution in [-0.4, -0.2) is 68.4 Å². The largest absolute Gasteiger partial charge is 0.390 e. The molecule has 1 aliphatic rings. The lowest BCUT2D eigenvalue weighted by atomic mass is 10.1. The van der Waals surface area contributed by atoms with Crippen LogP contribution < -0.4 is 0 Å². The van der Waals surface area contributed by atoms with E-state index in [0.29, 0.717) is 13.2 Å². The number of likely N-dealkylation sites (N-methyl/N-ethyl adjacent to an activating group) is 1. The molecule has 6 heteroatoms. The molecular formula is C10H21NO4S. The second kappa shape index (κ2) is 5.44. The lowest BCUT2D eigenvalue weighted by Crippen LogP contribution is -2.49. The van der Waals surface area contributed by atoms with Gasteiger partial charge in [0, 0.05) is 13.2 Å². The van der Waals surface area contributed by atoms with Gasteiger partial charge in [-0.15, -0.1) is 0 Å². The Kier molecular flexibility index (Phi) is 4.73. The molecule has 0 bridgehead atoms. The summed E-state index contributed by atoms with van der Waals surface area (Å²) in [7, 11) is -1.46. The Hall–Kier alpha value is -0.170. The van der Waals surface area contributed by atoms with Gasteiger partial charge in [-0.1, -0.05) is 6.92 Å². The van der Waals surface area contributed by atoms with E-state index < -0.39 is 15.9 Å². The Morgan fingerprint density at radius 1 is 1.50 bits per heavy atom. The molecule has 0 aromatic rings. The summed E-state index contributed by atoms with van der Waals surface area (Å²) in [4.78, 5) is 2.00. The number of sulfone groups is 1. The molecule has 0 amide bonds. The standard InChI is InChI=1S/C10H21NO4S/c1-4-11(8(2)5-15-3)9-6-16(13,14)7-10(9)12/h8-10,12H,4-7H2,1-3H3. The van der Waals surface area contributed by atoms with Gasteiger partial charge < -0.3 is 9.84 Å². The monoisotopic (exact) mass is 251 g/mol. The number of nitrogens with zero attached hydrogens (tertiary/aromatic N) is 1. The third-order valence-electron chi connectivity index (χ3n) is 3.06. The van der Waals surface area contributed by atoms with Crippen molar-refractivity contribution in [1.29, 1.82) is 0 Å². The molecule has 96 valence electrons. The van der Waals surface area contributed by atoms with Crippen molar-refractivity contribution in [3.63, 3.8) is 0 Å². The van der Waals surface area contributed by atoms with E-state index in [1.807, 2.05) is 18.7 Å². The molecule has 1 fully saturated rings. The fourth-order valence-corrected chi connectivity index (χ4v) is 4.15. The van der Waals surface area contributed by atoms with Crippen molar-refractivity contribution >= 4 is 9.84 Å². The van der Waals surface area contributed by atoms with E-state index in [4.69, 9.17) is 4.74 Å². The minimum atomic E-state index is -3.08. The van der Waals surface area contributed by atoms with Crippen LogP contribution in [0.25, 0.3) is 0 Å². The first-order valence-electron chi connectivity index (χ1n) is 5.54. The highest BCUT2D eigenvalue weighted by molar-refractivity contribution is 7.91. The molecule has 1 N–H and O–H groups in total. The first-order valence-corrected chi connectivity index (χ1v) is 7.36. The van der Waals surface area contributed by atoms with Gasteiger partial charge in [-0.25, -0.2) is 8.42 Å². The van der Waals surface area contributed by atoms with Crippen LogP contribution >= 0.6 is 0 Å². The summed E-state index contributed by atoms with van der Waals surface area (Å²) in [5.41, 5.74) is 0. The van der Waals surface area contributed by atoms with Crippen molar-refractivity contribution in [2.24, 2.45) is 0 Å². The van der Waals surface area contributed by atoms with E-state index in [-0.39, 0.29) is 23.6 Å². The second-order valence-electron chi connectivity index (χ2n) is 4.35. The van der Waals surface area contributed by atoms with Gasteiger partial charge in [-0.2, -0.15) is 0 Å². The molecule has 0 radical (unpaired) electrons. The van der Waals surface area contributed by atoms with Gasteiger partial charge in [-0.05, 0) is 13.5 Å². The average molecular weight is 251 g/mol. The van der Waals surface area contributed by atoms with E-state index >= 15 is 0 Å². The van der Waals surface area contributed by atoms with Crippen LogP contribution in [0.5, 0.6) is 0 Å². The lowest BCUT2D eigenvalue weighted by molar-refractivity contribution is 0.0314. The summed E-state index contributed by atoms with van der Waals surface area (Å²) in [6.07, 6.45) is -0.774. The summed E-state index contributed by atoms with van der Waals surface area (Å²) in [6, 6.07) is -0.178. The zero-order valence-electron chi connectivity index (χ0n) is 10.1. The van der Waals surface area contributed by atoms with E-state index in [9.17, 15) is 13.5 Å². The zero-order valence-corrected chi connectivity index (χ0v) is 10.9. The van der Waals surface area contributed by atoms with Crippen LogP contribution in [0.2, 0.25) is 0 Å². The van der Waals surface area contributed by atoms with E-state index in [2.05, 4.69) is 0 Å². The van der Waals surface area contributed by atoms with Crippen LogP contribution in [0.3, 0.4) is 0 Å². The molecule has 1 aliphatic heterocycles. The number of aliphatic hydroxyl groups excluding tert-OH is 1. The molecule has 1 heterocycles. The van der Waals surface area contributed by atoms with Gasteiger partial charge >= 0.3 is 0 Å². The van der Waals surface area contributed by atoms with E-state index in [1.54, 1.807) is 7.11 Å². The first-order chi connectivity index (χ1) is 7.41. The number of methoxy groups -OCH3 is 1. The maximum absolute atomic E-state index is 11.4. The fraction of sp³-hybridized carbons (Fsp3) is 1.00. The summed E-state index contributed by atoms with van der Waals surface area (Å²) in [6.45, 7) is 5.19. The molecule has 0 saturated carbocycles. The predicted octanol–water partition coefficient (Wildman–Crippen LogP) is -0.499. The topological polar surface area (TPSA) is 66.8 Å². The third-order valence-corrected chi connectivity index (χ3v) is 4.76. The molecule has 0 aliphatic carbocycles. The average Bonchev–Trinajstić information content (AvgIpc) is 2.42. The van der Waals surface area contributed by atoms with Crippen LogP contribution in [0.4, 0.5) is 0 Å². The number of rotatable bonds is 5. The SMILES string of the molecule is CCN(C(C)COC)C1CS(=O)(=O)CC1O. The van der Waals surface area contributed by atoms with Crippen LogP contribution in [0.1, 0.15) is 13.8 Å². The second-order valence-corrected chi connectivity index (χ2v) is 6.50. The molecule has 1 saturated heterocycles. The van der Waals surface area contributed by atoms with Gasteiger partial charge in [0.25, 0.3) is 0 Å². The molecule has 3 unspecified atom stereocenters. The molecule has 0 aromatic carbocycles. The maximum atomic E-state index is 11.4. The van der Waals surface area contributed by atoms with Crippen LogP contribution in [0, 0.1) is 0 Å². The van der Waals surface area contributed by atoms with Crippen molar-refractivity contribution < 1.29 is 18.3 Å². The Morgan fingerprint density at radius 3 is 2.50 bits per heavy atom. The van der Waals surface area contributed by atoms with Crippen molar-refractivity contribution in [2.75, 3.05) is 31.8 Å². The van der Waals surface area contributed by atoms with Crippen molar-refractivity contribution in [3.8, 4) is 0 Å². The molecule has 1 rings (SSSR count). The van der Waals surface area contributed by atoms with E-state index in [0.717, 1.165) is 0 Å². The Bertz CT molecular complexity index is 317. The van der Waals surface area contributed by atoms with Crippen molar-refractivity contribution in [1.82, 2.24) is 4.90 Å². The summed E-state index contributed by atoms with van der Waals surface area (Å²) >= 11 is 0. The smallest absolute Gasteiger partial charge is 0.154 e. The van der Waals surface area contributed by atoms with Gasteiger partial charge in [0.1, 0.15) is 0 Å². The summed E-state index contributed by atoms with van der Waals surface area (Å²) in [5, 5.41) is 9.78. The number of aliphatic hydroxyl groups is 1. The van der Waals surface area contributed by atoms with Crippen LogP contribution in [0.15, 0.2) is 0 Å². The minimum Gasteiger partial charge on any atom is -0.390 e. The fourth-order valence-electron chi connectivity index (χ4n) is 2.34. The Morgan fingerprint density at radius 2 is 2.12 bits per heavy atom. The Labute approximate surface area is 97.3 Å². The molecule has 3 atom stereocenters. The predicted molar refractivity (Wildman–Crippen MR) is 62.2 cm³/mol. The maximum Gasteiger partial charge on any atom is 0.154 e. The number of hydrogen-bond donors (Lipinski definition) is 1. The molecule has 16 heavy (non-hydrogen) atoms. The quantitative estimate of drug-likeness (QED) is 0.713. The molecule has 5 nitrogen and oxygen atoms in total. The number of ether oxygens (including phenoxy) is 1. The van der Waals surface area contributed by atoms with Gasteiger partial charge in [0.2, 0.25) is 0 Å². The van der Waals surface area contributed by atoms with Gasteiger partial charge in [0.05, 0.1) is 30.3 Å². The van der Waals surface area contributed by atoms with E-state index in [1.165, 1.54) is 0 Å². The van der Waals surface area contributed by atoms with Gasteiger partial charge in [-0.3, -0.25) is 4.90 Å². The zero-order chi connectivity index (χ0) is 12.3. The van der Waals surface area contributed by atoms with Crippen LogP contribution in [-0.2, 0) is 14.6 Å². The van der Waals surface area contributed by atoms with Crippen molar-refractivity contribution in [2.45, 2.75) is 32.0 Å². The molecule has 0 aromatic heterocycles. The summed E-state index contributed by atoms with van der Waals surface area (Å²) < 4.78 is 27.9. The molecular weight excluding hydrogens is 230 g/mol. The third kappa shape index (κ3) is 3.16. The Balaban J connectivity index is 2.74. The van der Waals surface area contributed by atoms with Gasteiger partial charge in [0.15, 0.2) is 9.84 Å².